The van der Waals surface area contributed by atoms with E-state index in [1.165, 1.54) is 6.07 Å². The number of hydrogen-bond donors (Lipinski definition) is 0. The summed E-state index contributed by atoms with van der Waals surface area (Å²) in [5.41, 5.74) is 3.83. The number of hydrogen-bond acceptors (Lipinski definition) is 7. The summed E-state index contributed by atoms with van der Waals surface area (Å²) in [6.45, 7) is 9.59. The maximum Gasteiger partial charge on any atom is 0.410 e. The van der Waals surface area contributed by atoms with E-state index in [-0.39, 0.29) is 43.4 Å². The van der Waals surface area contributed by atoms with Gasteiger partial charge in [0, 0.05) is 57.5 Å². The zero-order valence-corrected chi connectivity index (χ0v) is 32.0. The Hall–Kier alpha value is -4.90. The first-order chi connectivity index (χ1) is 26.0. The van der Waals surface area contributed by atoms with E-state index in [4.69, 9.17) is 18.9 Å². The van der Waals surface area contributed by atoms with Gasteiger partial charge in [0.05, 0.1) is 18.0 Å². The van der Waals surface area contributed by atoms with Crippen LogP contribution in [-0.4, -0.2) is 84.0 Å². The summed E-state index contributed by atoms with van der Waals surface area (Å²) in [6.07, 6.45) is 4.65. The summed E-state index contributed by atoms with van der Waals surface area (Å²) in [7, 11) is 1.67. The highest BCUT2D eigenvalue weighted by Crippen LogP contribution is 2.40. The molecule has 1 saturated heterocycles. The van der Waals surface area contributed by atoms with Crippen LogP contribution < -0.4 is 4.74 Å². The number of aromatic nitrogens is 1. The molecule has 1 aromatic heterocycles. The standard InChI is InChI=1S/C43H52FN3O7/c1-6-52-39(48)28-53-34-18-14-29(15-19-34)30-10-7-11-31(24-30)35-20-22-46(42(50)54-43(2,3)4)27-36(35)41(49)47(33-16-17-33)26-32-25-45(21-9-23-51-5)38-13-8-12-37(44)40(32)38/h7-8,10-15,18-19,24-25,33,35-36H,6,9,16-17,20-23,26-28H2,1-5H3/t35-,36+/m1/s1. The number of fused-ring (bicyclic) bond motifs is 1. The number of carbonyl (C=O) groups is 3. The molecule has 4 aromatic rings. The van der Waals surface area contributed by atoms with Crippen LogP contribution in [0.15, 0.2) is 72.9 Å². The predicted octanol–water partition coefficient (Wildman–Crippen LogP) is 7.96. The van der Waals surface area contributed by atoms with Crippen molar-refractivity contribution in [3.8, 4) is 16.9 Å². The van der Waals surface area contributed by atoms with E-state index in [1.807, 2.05) is 74.3 Å². The highest BCUT2D eigenvalue weighted by Gasteiger charge is 2.43. The molecule has 3 aromatic carbocycles. The minimum atomic E-state index is -0.678. The zero-order chi connectivity index (χ0) is 38.4. The van der Waals surface area contributed by atoms with E-state index in [2.05, 4.69) is 16.7 Å². The number of nitrogens with zero attached hydrogens (tertiary/aromatic N) is 3. The normalized spacial score (nSPS) is 17.3. The van der Waals surface area contributed by atoms with Crippen molar-refractivity contribution in [2.45, 2.75) is 84.0 Å². The predicted molar refractivity (Wildman–Crippen MR) is 205 cm³/mol. The van der Waals surface area contributed by atoms with Gasteiger partial charge in [0.1, 0.15) is 17.2 Å². The summed E-state index contributed by atoms with van der Waals surface area (Å²) >= 11 is 0. The fourth-order valence-electron chi connectivity index (χ4n) is 7.38. The number of piperidine rings is 1. The van der Waals surface area contributed by atoms with Crippen molar-refractivity contribution in [1.29, 1.82) is 0 Å². The van der Waals surface area contributed by atoms with Crippen molar-refractivity contribution in [2.75, 3.05) is 40.0 Å². The Morgan fingerprint density at radius 1 is 0.963 bits per heavy atom. The molecule has 54 heavy (non-hydrogen) atoms. The van der Waals surface area contributed by atoms with Crippen LogP contribution in [0.3, 0.4) is 0 Å². The lowest BCUT2D eigenvalue weighted by Gasteiger charge is -2.40. The lowest BCUT2D eigenvalue weighted by molar-refractivity contribution is -0.145. The number of methoxy groups -OCH3 is 1. The molecule has 288 valence electrons. The first-order valence-electron chi connectivity index (χ1n) is 19.0. The molecule has 6 rings (SSSR count). The fraction of sp³-hybridized carbons (Fsp3) is 0.465. The Morgan fingerprint density at radius 2 is 1.72 bits per heavy atom. The van der Waals surface area contributed by atoms with Gasteiger partial charge in [-0.2, -0.15) is 0 Å². The van der Waals surface area contributed by atoms with E-state index in [0.717, 1.165) is 47.0 Å². The third-order valence-electron chi connectivity index (χ3n) is 10.0. The maximum absolute atomic E-state index is 15.5. The second-order valence-electron chi connectivity index (χ2n) is 15.2. The van der Waals surface area contributed by atoms with Gasteiger partial charge in [-0.3, -0.25) is 4.79 Å². The minimum Gasteiger partial charge on any atom is -0.482 e. The highest BCUT2D eigenvalue weighted by atomic mass is 19.1. The molecule has 2 atom stereocenters. The second-order valence-corrected chi connectivity index (χ2v) is 15.2. The number of carbonyl (C=O) groups excluding carboxylic acids is 3. The van der Waals surface area contributed by atoms with Crippen molar-refractivity contribution in [2.24, 2.45) is 5.92 Å². The monoisotopic (exact) mass is 741 g/mol. The number of benzene rings is 3. The van der Waals surface area contributed by atoms with Crippen LogP contribution in [0.5, 0.6) is 5.75 Å². The molecule has 2 fully saturated rings. The summed E-state index contributed by atoms with van der Waals surface area (Å²) < 4.78 is 39.1. The highest BCUT2D eigenvalue weighted by molar-refractivity contribution is 5.86. The van der Waals surface area contributed by atoms with Crippen LogP contribution in [0.4, 0.5) is 9.18 Å². The molecule has 2 aliphatic rings. The van der Waals surface area contributed by atoms with Gasteiger partial charge in [-0.15, -0.1) is 0 Å². The van der Waals surface area contributed by atoms with Crippen molar-refractivity contribution < 1.29 is 37.7 Å². The molecule has 11 heteroatoms. The van der Waals surface area contributed by atoms with Crippen molar-refractivity contribution >= 4 is 28.9 Å². The Kier molecular flexibility index (Phi) is 12.3. The fourth-order valence-corrected chi connectivity index (χ4v) is 7.38. The van der Waals surface area contributed by atoms with Crippen LogP contribution in [0, 0.1) is 11.7 Å². The second kappa shape index (κ2) is 17.1. The lowest BCUT2D eigenvalue weighted by Crippen LogP contribution is -2.51. The van der Waals surface area contributed by atoms with Gasteiger partial charge >= 0.3 is 12.1 Å². The molecular weight excluding hydrogens is 689 g/mol. The Balaban J connectivity index is 1.29. The number of rotatable bonds is 14. The maximum atomic E-state index is 15.5. The quantitative estimate of drug-likeness (QED) is 0.0956. The lowest BCUT2D eigenvalue weighted by atomic mass is 9.79. The molecule has 10 nitrogen and oxygen atoms in total. The summed E-state index contributed by atoms with van der Waals surface area (Å²) in [4.78, 5) is 43.7. The van der Waals surface area contributed by atoms with Gasteiger partial charge in [0.15, 0.2) is 6.61 Å². The number of likely N-dealkylation sites (tertiary alicyclic amines) is 1. The molecular formula is C43H52FN3O7. The van der Waals surface area contributed by atoms with Crippen LogP contribution in [0.25, 0.3) is 22.0 Å². The smallest absolute Gasteiger partial charge is 0.410 e. The van der Waals surface area contributed by atoms with Gasteiger partial charge in [0.25, 0.3) is 0 Å². The van der Waals surface area contributed by atoms with E-state index < -0.39 is 23.6 Å². The molecule has 1 aliphatic carbocycles. The molecule has 0 radical (unpaired) electrons. The number of amides is 2. The topological polar surface area (TPSA) is 99.5 Å². The number of ether oxygens (including phenoxy) is 4. The molecule has 1 saturated carbocycles. The first kappa shape index (κ1) is 38.8. The van der Waals surface area contributed by atoms with Crippen LogP contribution >= 0.6 is 0 Å². The van der Waals surface area contributed by atoms with Gasteiger partial charge in [-0.25, -0.2) is 14.0 Å². The average molecular weight is 742 g/mol. The third kappa shape index (κ3) is 9.42. The molecule has 0 N–H and O–H groups in total. The summed E-state index contributed by atoms with van der Waals surface area (Å²) in [6, 6.07) is 20.9. The third-order valence-corrected chi connectivity index (χ3v) is 10.0. The van der Waals surface area contributed by atoms with Gasteiger partial charge in [-0.05, 0) is 106 Å². The van der Waals surface area contributed by atoms with Crippen molar-refractivity contribution in [1.82, 2.24) is 14.4 Å². The van der Waals surface area contributed by atoms with Gasteiger partial charge in [0.2, 0.25) is 5.91 Å². The Bertz CT molecular complexity index is 1930. The SMILES string of the molecule is CCOC(=O)COc1ccc(-c2cccc([C@H]3CCN(C(=O)OC(C)(C)C)C[C@@H]3C(=O)N(Cc3cn(CCCOC)c4cccc(F)c34)C3CC3)c2)cc1. The Morgan fingerprint density at radius 3 is 2.43 bits per heavy atom. The molecule has 0 unspecified atom stereocenters. The molecule has 0 bridgehead atoms. The van der Waals surface area contributed by atoms with E-state index in [9.17, 15) is 14.4 Å². The van der Waals surface area contributed by atoms with Gasteiger partial charge in [-0.1, -0.05) is 42.5 Å². The van der Waals surface area contributed by atoms with Crippen molar-refractivity contribution in [3.63, 3.8) is 0 Å². The van der Waals surface area contributed by atoms with E-state index in [0.29, 0.717) is 43.9 Å². The van der Waals surface area contributed by atoms with Crippen molar-refractivity contribution in [3.05, 3.63) is 89.9 Å². The average Bonchev–Trinajstić information content (AvgIpc) is 3.94. The molecule has 1 aliphatic heterocycles. The molecule has 2 heterocycles. The largest absolute Gasteiger partial charge is 0.482 e. The number of esters is 1. The van der Waals surface area contributed by atoms with Crippen LogP contribution in [0.1, 0.15) is 70.4 Å². The molecule has 0 spiro atoms. The zero-order valence-electron chi connectivity index (χ0n) is 32.0. The van der Waals surface area contributed by atoms with E-state index in [1.54, 1.807) is 25.0 Å². The Labute approximate surface area is 317 Å². The minimum absolute atomic E-state index is 0.0408. The number of halogens is 1. The van der Waals surface area contributed by atoms with E-state index >= 15 is 4.39 Å². The number of aryl methyl sites for hydroxylation is 1. The van der Waals surface area contributed by atoms with Gasteiger partial charge < -0.3 is 33.3 Å². The van der Waals surface area contributed by atoms with Crippen LogP contribution in [0.2, 0.25) is 0 Å². The molecule has 2 amide bonds. The van der Waals surface area contributed by atoms with Crippen LogP contribution in [-0.2, 0) is 36.9 Å². The first-order valence-corrected chi connectivity index (χ1v) is 19.0. The summed E-state index contributed by atoms with van der Waals surface area (Å²) in [5.74, 6) is -0.925. The summed E-state index contributed by atoms with van der Waals surface area (Å²) in [5, 5.41) is 0.536.